The number of benzene rings is 1. The molecule has 104 valence electrons. The lowest BCUT2D eigenvalue weighted by Gasteiger charge is -2.41. The third-order valence-electron chi connectivity index (χ3n) is 2.99. The molecule has 0 heterocycles. The molecule has 1 aromatic rings. The van der Waals surface area contributed by atoms with Crippen LogP contribution in [0.3, 0.4) is 0 Å². The van der Waals surface area contributed by atoms with Gasteiger partial charge in [0.15, 0.2) is 6.61 Å². The molecular weight excluding hydrogens is 244 g/mol. The highest BCUT2D eigenvalue weighted by Crippen LogP contribution is 2.14. The first kappa shape index (κ1) is 15.2. The van der Waals surface area contributed by atoms with Crippen LogP contribution in [0, 0.1) is 5.21 Å². The zero-order valence-corrected chi connectivity index (χ0v) is 11.4. The van der Waals surface area contributed by atoms with Gasteiger partial charge in [-0.3, -0.25) is 5.32 Å². The van der Waals surface area contributed by atoms with E-state index >= 15 is 0 Å². The van der Waals surface area contributed by atoms with Crippen molar-refractivity contribution in [2.45, 2.75) is 13.8 Å². The Morgan fingerprint density at radius 3 is 2.42 bits per heavy atom. The Morgan fingerprint density at radius 1 is 1.32 bits per heavy atom. The number of nitrogens with zero attached hydrogens (tertiary/aromatic N) is 1. The van der Waals surface area contributed by atoms with Crippen LogP contribution in [0.2, 0.25) is 0 Å². The fourth-order valence-corrected chi connectivity index (χ4v) is 1.61. The van der Waals surface area contributed by atoms with Gasteiger partial charge in [-0.15, -0.1) is 0 Å². The number of ether oxygens (including phenoxy) is 1. The summed E-state index contributed by atoms with van der Waals surface area (Å²) in [6, 6.07) is 8.97. The van der Waals surface area contributed by atoms with E-state index in [1.807, 2.05) is 18.2 Å². The van der Waals surface area contributed by atoms with Gasteiger partial charge in [0.2, 0.25) is 0 Å². The molecule has 0 saturated heterocycles. The second kappa shape index (κ2) is 6.92. The summed E-state index contributed by atoms with van der Waals surface area (Å²) in [6.07, 6.45) is -0.592. The molecule has 0 fully saturated rings. The Balaban J connectivity index is 2.45. The van der Waals surface area contributed by atoms with Crippen molar-refractivity contribution in [2.24, 2.45) is 0 Å². The molecular formula is C14H20N2O3. The predicted molar refractivity (Wildman–Crippen MR) is 75.3 cm³/mol. The largest absolute Gasteiger partial charge is 0.628 e. The van der Waals surface area contributed by atoms with Crippen molar-refractivity contribution in [3.8, 4) is 0 Å². The third-order valence-corrected chi connectivity index (χ3v) is 2.99. The van der Waals surface area contributed by atoms with Crippen LogP contribution in [0.4, 0.5) is 10.5 Å². The summed E-state index contributed by atoms with van der Waals surface area (Å²) in [5.74, 6) is 0. The standard InChI is InChI=1S/C14H20N2O3/c1-4-16(18,5-2)12(3)11-19-14(17)15-13-9-7-6-8-10-13/h6-10H,3-5,11H2,1-2H3,(H,15,17). The minimum Gasteiger partial charge on any atom is -0.628 e. The summed E-state index contributed by atoms with van der Waals surface area (Å²) in [5.41, 5.74) is 0.986. The van der Waals surface area contributed by atoms with Crippen LogP contribution in [0.5, 0.6) is 0 Å². The minimum absolute atomic E-state index is 0.0795. The lowest BCUT2D eigenvalue weighted by Crippen LogP contribution is -2.42. The molecule has 0 bridgehead atoms. The lowest BCUT2D eigenvalue weighted by molar-refractivity contribution is -0.840. The van der Waals surface area contributed by atoms with Gasteiger partial charge in [0.05, 0.1) is 13.1 Å². The molecule has 0 aliphatic heterocycles. The summed E-state index contributed by atoms with van der Waals surface area (Å²) < 4.78 is 4.45. The zero-order valence-electron chi connectivity index (χ0n) is 11.4. The van der Waals surface area contributed by atoms with Crippen molar-refractivity contribution in [2.75, 3.05) is 25.0 Å². The average Bonchev–Trinajstić information content (AvgIpc) is 2.45. The zero-order chi connectivity index (χ0) is 14.3. The van der Waals surface area contributed by atoms with Crippen molar-refractivity contribution in [1.82, 2.24) is 0 Å². The highest BCUT2D eigenvalue weighted by Gasteiger charge is 2.18. The second-order valence-corrected chi connectivity index (χ2v) is 4.16. The number of amides is 1. The van der Waals surface area contributed by atoms with Crippen molar-refractivity contribution >= 4 is 11.8 Å². The first-order valence-electron chi connectivity index (χ1n) is 6.27. The maximum absolute atomic E-state index is 12.1. The maximum atomic E-state index is 12.1. The number of hydrogen-bond donors (Lipinski definition) is 1. The van der Waals surface area contributed by atoms with Gasteiger partial charge >= 0.3 is 6.09 Å². The third kappa shape index (κ3) is 4.39. The highest BCUT2D eigenvalue weighted by molar-refractivity contribution is 5.84. The Hall–Kier alpha value is -1.85. The fraction of sp³-hybridized carbons (Fsp3) is 0.357. The number of rotatable bonds is 6. The van der Waals surface area contributed by atoms with Crippen LogP contribution in [0.1, 0.15) is 13.8 Å². The molecule has 0 radical (unpaired) electrons. The molecule has 1 amide bonds. The topological polar surface area (TPSA) is 61.4 Å². The van der Waals surface area contributed by atoms with Gasteiger partial charge < -0.3 is 14.6 Å². The average molecular weight is 264 g/mol. The van der Waals surface area contributed by atoms with E-state index in [0.29, 0.717) is 24.5 Å². The summed E-state index contributed by atoms with van der Waals surface area (Å²) in [5, 5.41) is 14.7. The Kier molecular flexibility index (Phi) is 5.54. The number of quaternary nitrogens is 1. The minimum atomic E-state index is -0.592. The molecule has 1 aromatic carbocycles. The molecule has 0 unspecified atom stereocenters. The molecule has 0 spiro atoms. The Bertz CT molecular complexity index is 428. The second-order valence-electron chi connectivity index (χ2n) is 4.16. The molecule has 0 saturated carbocycles. The molecule has 0 aliphatic rings. The lowest BCUT2D eigenvalue weighted by atomic mass is 10.3. The summed E-state index contributed by atoms with van der Waals surface area (Å²) in [4.78, 5) is 11.5. The van der Waals surface area contributed by atoms with Gasteiger partial charge in [0.25, 0.3) is 0 Å². The summed E-state index contributed by atoms with van der Waals surface area (Å²) in [6.45, 7) is 7.94. The van der Waals surface area contributed by atoms with E-state index in [0.717, 1.165) is 0 Å². The number of para-hydroxylation sites is 1. The summed E-state index contributed by atoms with van der Waals surface area (Å²) >= 11 is 0. The van der Waals surface area contributed by atoms with Crippen molar-refractivity contribution in [3.63, 3.8) is 0 Å². The Morgan fingerprint density at radius 2 is 1.89 bits per heavy atom. The number of hydrogen-bond acceptors (Lipinski definition) is 3. The molecule has 1 rings (SSSR count). The van der Waals surface area contributed by atoms with E-state index in [2.05, 4.69) is 11.9 Å². The highest BCUT2D eigenvalue weighted by atomic mass is 16.6. The number of carbonyl (C=O) groups is 1. The number of nitrogens with one attached hydrogen (secondary N) is 1. The van der Waals surface area contributed by atoms with Crippen molar-refractivity contribution in [3.05, 3.63) is 47.8 Å². The number of anilines is 1. The molecule has 5 nitrogen and oxygen atoms in total. The van der Waals surface area contributed by atoms with E-state index in [4.69, 9.17) is 4.74 Å². The maximum Gasteiger partial charge on any atom is 0.412 e. The van der Waals surface area contributed by atoms with Crippen LogP contribution in [-0.4, -0.2) is 30.4 Å². The number of hydroxylamine groups is 3. The van der Waals surface area contributed by atoms with Crippen LogP contribution < -0.4 is 5.32 Å². The smallest absolute Gasteiger partial charge is 0.412 e. The first-order chi connectivity index (χ1) is 9.01. The number of carbonyl (C=O) groups excluding carboxylic acids is 1. The molecule has 0 aromatic heterocycles. The van der Waals surface area contributed by atoms with Gasteiger partial charge in [-0.2, -0.15) is 0 Å². The van der Waals surface area contributed by atoms with Crippen LogP contribution in [0.15, 0.2) is 42.6 Å². The van der Waals surface area contributed by atoms with E-state index in [1.54, 1.807) is 26.0 Å². The van der Waals surface area contributed by atoms with E-state index in [9.17, 15) is 10.0 Å². The van der Waals surface area contributed by atoms with Gasteiger partial charge in [-0.1, -0.05) is 18.2 Å². The monoisotopic (exact) mass is 264 g/mol. The molecule has 1 N–H and O–H groups in total. The predicted octanol–water partition coefficient (Wildman–Crippen LogP) is 3.10. The van der Waals surface area contributed by atoms with Crippen LogP contribution in [0.25, 0.3) is 0 Å². The van der Waals surface area contributed by atoms with E-state index < -0.39 is 10.7 Å². The first-order valence-corrected chi connectivity index (χ1v) is 6.27. The fourth-order valence-electron chi connectivity index (χ4n) is 1.61. The molecule has 19 heavy (non-hydrogen) atoms. The van der Waals surface area contributed by atoms with E-state index in [1.165, 1.54) is 0 Å². The van der Waals surface area contributed by atoms with E-state index in [-0.39, 0.29) is 6.61 Å². The van der Waals surface area contributed by atoms with Gasteiger partial charge in [-0.25, -0.2) is 4.79 Å². The van der Waals surface area contributed by atoms with Gasteiger partial charge in [0, 0.05) is 5.69 Å². The SMILES string of the molecule is C=C(COC(=O)Nc1ccccc1)[N+]([O-])(CC)CC. The van der Waals surface area contributed by atoms with Crippen LogP contribution in [-0.2, 0) is 4.74 Å². The molecule has 5 heteroatoms. The van der Waals surface area contributed by atoms with Gasteiger partial charge in [0.1, 0.15) is 5.70 Å². The molecule has 0 aliphatic carbocycles. The number of likely N-dealkylation sites (N-methyl/N-ethyl adjacent to an activating group) is 1. The summed E-state index contributed by atoms with van der Waals surface area (Å²) in [7, 11) is 0. The quantitative estimate of drug-likeness (QED) is 0.634. The van der Waals surface area contributed by atoms with Crippen molar-refractivity contribution < 1.29 is 14.2 Å². The normalized spacial score (nSPS) is 10.9. The Labute approximate surface area is 113 Å². The van der Waals surface area contributed by atoms with Crippen LogP contribution >= 0.6 is 0 Å². The molecule has 0 atom stereocenters. The van der Waals surface area contributed by atoms with Crippen molar-refractivity contribution in [1.29, 1.82) is 0 Å². The van der Waals surface area contributed by atoms with Gasteiger partial charge in [-0.05, 0) is 32.6 Å².